The highest BCUT2D eigenvalue weighted by Crippen LogP contribution is 2.28. The van der Waals surface area contributed by atoms with E-state index >= 15 is 0 Å². The summed E-state index contributed by atoms with van der Waals surface area (Å²) < 4.78 is 0. The van der Waals surface area contributed by atoms with Crippen molar-refractivity contribution in [1.29, 1.82) is 0 Å². The van der Waals surface area contributed by atoms with Crippen molar-refractivity contribution < 1.29 is 9.59 Å². The number of nitrogens with zero attached hydrogens (tertiary/aromatic N) is 1. The molecule has 0 radical (unpaired) electrons. The Labute approximate surface area is 119 Å². The van der Waals surface area contributed by atoms with Crippen molar-refractivity contribution >= 4 is 11.8 Å². The van der Waals surface area contributed by atoms with Crippen molar-refractivity contribution in [1.82, 2.24) is 10.2 Å². The Balaban J connectivity index is 2.41. The summed E-state index contributed by atoms with van der Waals surface area (Å²) in [5.74, 6) is 2.31. The fourth-order valence-electron chi connectivity index (χ4n) is 2.52. The molecule has 104 valence electrons. The average Bonchev–Trinajstić information content (AvgIpc) is 2.43. The Morgan fingerprint density at radius 3 is 2.60 bits per heavy atom. The molecule has 2 rings (SSSR count). The van der Waals surface area contributed by atoms with Crippen LogP contribution in [0.25, 0.3) is 0 Å². The Morgan fingerprint density at radius 2 is 2.00 bits per heavy atom. The predicted molar refractivity (Wildman–Crippen MR) is 76.5 cm³/mol. The molecule has 20 heavy (non-hydrogen) atoms. The van der Waals surface area contributed by atoms with Crippen molar-refractivity contribution in [3.05, 3.63) is 35.9 Å². The maximum atomic E-state index is 12.4. The molecule has 1 N–H and O–H groups in total. The van der Waals surface area contributed by atoms with Gasteiger partial charge >= 0.3 is 0 Å². The molecule has 0 bridgehead atoms. The van der Waals surface area contributed by atoms with Gasteiger partial charge in [-0.3, -0.25) is 9.59 Å². The lowest BCUT2D eigenvalue weighted by molar-refractivity contribution is -0.151. The minimum atomic E-state index is -0.608. The lowest BCUT2D eigenvalue weighted by atomic mass is 9.97. The van der Waals surface area contributed by atoms with E-state index in [1.165, 1.54) is 0 Å². The number of amides is 2. The van der Waals surface area contributed by atoms with Crippen molar-refractivity contribution in [2.75, 3.05) is 0 Å². The Morgan fingerprint density at radius 1 is 1.35 bits per heavy atom. The minimum absolute atomic E-state index is 0.0961. The van der Waals surface area contributed by atoms with Gasteiger partial charge in [0.15, 0.2) is 0 Å². The molecule has 4 heteroatoms. The van der Waals surface area contributed by atoms with Crippen LogP contribution in [0.3, 0.4) is 0 Å². The van der Waals surface area contributed by atoms with Gasteiger partial charge in [0.1, 0.15) is 12.1 Å². The van der Waals surface area contributed by atoms with Gasteiger partial charge in [-0.1, -0.05) is 30.3 Å². The van der Waals surface area contributed by atoms with E-state index in [1.807, 2.05) is 37.3 Å². The second-order valence-corrected chi connectivity index (χ2v) is 5.05. The summed E-state index contributed by atoms with van der Waals surface area (Å²) in [7, 11) is 0. The molecule has 0 saturated carbocycles. The molecular formula is C16H18N2O2. The van der Waals surface area contributed by atoms with Gasteiger partial charge in [0.25, 0.3) is 0 Å². The Bertz CT molecular complexity index is 547. The molecule has 1 aromatic carbocycles. The first-order valence-electron chi connectivity index (χ1n) is 6.67. The van der Waals surface area contributed by atoms with Crippen LogP contribution in [0.4, 0.5) is 0 Å². The first-order chi connectivity index (χ1) is 9.56. The normalized spacial score (nSPS) is 23.9. The number of piperazine rings is 1. The molecule has 1 aliphatic heterocycles. The van der Waals surface area contributed by atoms with E-state index in [0.29, 0.717) is 6.42 Å². The van der Waals surface area contributed by atoms with E-state index in [-0.39, 0.29) is 17.9 Å². The van der Waals surface area contributed by atoms with E-state index in [0.717, 1.165) is 5.56 Å². The van der Waals surface area contributed by atoms with Gasteiger partial charge < -0.3 is 10.2 Å². The lowest BCUT2D eigenvalue weighted by Crippen LogP contribution is -2.60. The standard InChI is InChI=1S/C16H18N2O2/c1-4-8-11(2)18-14(13-9-6-5-7-10-13)15(19)17-12(3)16(18)20/h1,5-7,9-12,14H,8H2,2-3H3,(H,17,19). The van der Waals surface area contributed by atoms with Crippen molar-refractivity contribution in [2.45, 2.75) is 38.4 Å². The molecular weight excluding hydrogens is 252 g/mol. The zero-order valence-electron chi connectivity index (χ0n) is 11.7. The monoisotopic (exact) mass is 270 g/mol. The number of hydrogen-bond acceptors (Lipinski definition) is 2. The number of nitrogens with one attached hydrogen (secondary N) is 1. The molecule has 0 aliphatic carbocycles. The lowest BCUT2D eigenvalue weighted by Gasteiger charge is -2.41. The van der Waals surface area contributed by atoms with Gasteiger partial charge in [0, 0.05) is 12.5 Å². The number of carbonyl (C=O) groups is 2. The molecule has 1 aromatic rings. The van der Waals surface area contributed by atoms with E-state index in [9.17, 15) is 9.59 Å². The highest BCUT2D eigenvalue weighted by molar-refractivity contribution is 5.97. The summed E-state index contributed by atoms with van der Waals surface area (Å²) in [6.07, 6.45) is 5.77. The molecule has 1 saturated heterocycles. The van der Waals surface area contributed by atoms with E-state index in [4.69, 9.17) is 6.42 Å². The van der Waals surface area contributed by atoms with Gasteiger partial charge in [-0.05, 0) is 19.4 Å². The van der Waals surface area contributed by atoms with Crippen LogP contribution in [0.5, 0.6) is 0 Å². The van der Waals surface area contributed by atoms with Gasteiger partial charge in [-0.15, -0.1) is 12.3 Å². The summed E-state index contributed by atoms with van der Waals surface area (Å²) >= 11 is 0. The van der Waals surface area contributed by atoms with Crippen LogP contribution < -0.4 is 5.32 Å². The van der Waals surface area contributed by atoms with E-state index in [2.05, 4.69) is 11.2 Å². The zero-order valence-corrected chi connectivity index (χ0v) is 11.7. The van der Waals surface area contributed by atoms with Crippen molar-refractivity contribution in [2.24, 2.45) is 0 Å². The van der Waals surface area contributed by atoms with E-state index < -0.39 is 12.1 Å². The first kappa shape index (κ1) is 14.1. The van der Waals surface area contributed by atoms with Crippen molar-refractivity contribution in [3.8, 4) is 12.3 Å². The van der Waals surface area contributed by atoms with Crippen LogP contribution in [0.2, 0.25) is 0 Å². The van der Waals surface area contributed by atoms with Crippen LogP contribution in [0.15, 0.2) is 30.3 Å². The highest BCUT2D eigenvalue weighted by Gasteiger charge is 2.41. The first-order valence-corrected chi connectivity index (χ1v) is 6.67. The van der Waals surface area contributed by atoms with Crippen LogP contribution >= 0.6 is 0 Å². The molecule has 0 spiro atoms. The number of terminal acetylenes is 1. The molecule has 3 unspecified atom stereocenters. The molecule has 1 heterocycles. The third kappa shape index (κ3) is 2.53. The molecule has 4 nitrogen and oxygen atoms in total. The van der Waals surface area contributed by atoms with Crippen LogP contribution in [-0.2, 0) is 9.59 Å². The largest absolute Gasteiger partial charge is 0.342 e. The number of benzene rings is 1. The number of hydrogen-bond donors (Lipinski definition) is 1. The highest BCUT2D eigenvalue weighted by atomic mass is 16.2. The SMILES string of the molecule is C#CCC(C)N1C(=O)C(C)NC(=O)C1c1ccccc1. The van der Waals surface area contributed by atoms with E-state index in [1.54, 1.807) is 11.8 Å². The summed E-state index contributed by atoms with van der Waals surface area (Å²) in [5, 5.41) is 2.72. The van der Waals surface area contributed by atoms with Gasteiger partial charge in [-0.2, -0.15) is 0 Å². The zero-order chi connectivity index (χ0) is 14.7. The number of rotatable bonds is 3. The van der Waals surface area contributed by atoms with Gasteiger partial charge in [-0.25, -0.2) is 0 Å². The number of carbonyl (C=O) groups excluding carboxylic acids is 2. The fraction of sp³-hybridized carbons (Fsp3) is 0.375. The average molecular weight is 270 g/mol. The van der Waals surface area contributed by atoms with Crippen LogP contribution in [0.1, 0.15) is 31.9 Å². The molecule has 1 aliphatic rings. The maximum Gasteiger partial charge on any atom is 0.248 e. The third-order valence-corrected chi connectivity index (χ3v) is 3.51. The summed E-state index contributed by atoms with van der Waals surface area (Å²) in [6.45, 7) is 3.57. The fourth-order valence-corrected chi connectivity index (χ4v) is 2.52. The molecule has 1 fully saturated rings. The molecule has 0 aromatic heterocycles. The summed E-state index contributed by atoms with van der Waals surface area (Å²) in [4.78, 5) is 26.3. The Kier molecular flexibility index (Phi) is 4.09. The summed E-state index contributed by atoms with van der Waals surface area (Å²) in [6, 6.07) is 8.00. The Hall–Kier alpha value is -2.28. The van der Waals surface area contributed by atoms with Gasteiger partial charge in [0.2, 0.25) is 11.8 Å². The quantitative estimate of drug-likeness (QED) is 0.846. The molecule has 2 amide bonds. The molecule has 3 atom stereocenters. The van der Waals surface area contributed by atoms with Crippen molar-refractivity contribution in [3.63, 3.8) is 0 Å². The smallest absolute Gasteiger partial charge is 0.248 e. The topological polar surface area (TPSA) is 49.4 Å². The third-order valence-electron chi connectivity index (χ3n) is 3.51. The predicted octanol–water partition coefficient (Wildman–Crippen LogP) is 1.49. The maximum absolute atomic E-state index is 12.4. The second-order valence-electron chi connectivity index (χ2n) is 5.05. The minimum Gasteiger partial charge on any atom is -0.342 e. The summed E-state index contributed by atoms with van der Waals surface area (Å²) in [5.41, 5.74) is 0.800. The van der Waals surface area contributed by atoms with Crippen LogP contribution in [0, 0.1) is 12.3 Å². The van der Waals surface area contributed by atoms with Gasteiger partial charge in [0.05, 0.1) is 0 Å². The second kappa shape index (κ2) is 5.79. The van der Waals surface area contributed by atoms with Crippen LogP contribution in [-0.4, -0.2) is 28.8 Å².